The number of aromatic nitrogens is 1. The van der Waals surface area contributed by atoms with Crippen LogP contribution in [0.3, 0.4) is 0 Å². The fraction of sp³-hybridized carbons (Fsp3) is 0.500. The van der Waals surface area contributed by atoms with E-state index in [2.05, 4.69) is 26.2 Å². The summed E-state index contributed by atoms with van der Waals surface area (Å²) in [4.78, 5) is 27.2. The number of nitrogens with zero attached hydrogens (tertiary/aromatic N) is 1. The van der Waals surface area contributed by atoms with Gasteiger partial charge in [-0.15, -0.1) is 0 Å². The predicted molar refractivity (Wildman–Crippen MR) is 83.0 cm³/mol. The van der Waals surface area contributed by atoms with Crippen LogP contribution in [-0.4, -0.2) is 40.9 Å². The number of carboxylic acids is 1. The van der Waals surface area contributed by atoms with E-state index in [4.69, 9.17) is 9.47 Å². The number of rotatable bonds is 5. The Balaban J connectivity index is 2.83. The molecule has 7 nitrogen and oxygen atoms in total. The highest BCUT2D eigenvalue weighted by Crippen LogP contribution is 2.19. The molecule has 0 saturated heterocycles. The zero-order valence-electron chi connectivity index (χ0n) is 12.8. The monoisotopic (exact) mass is 374 g/mol. The zero-order valence-corrected chi connectivity index (χ0v) is 14.4. The second-order valence-corrected chi connectivity index (χ2v) is 6.37. The maximum Gasteiger partial charge on any atom is 0.408 e. The molecular weight excluding hydrogens is 356 g/mol. The second kappa shape index (κ2) is 7.44. The molecule has 8 heteroatoms. The van der Waals surface area contributed by atoms with E-state index in [0.717, 1.165) is 0 Å². The van der Waals surface area contributed by atoms with Gasteiger partial charge in [0.15, 0.2) is 0 Å². The van der Waals surface area contributed by atoms with E-state index in [9.17, 15) is 14.7 Å². The van der Waals surface area contributed by atoms with Crippen LogP contribution in [0.1, 0.15) is 26.5 Å². The minimum atomic E-state index is -1.17. The molecule has 0 spiro atoms. The van der Waals surface area contributed by atoms with Crippen LogP contribution >= 0.6 is 15.9 Å². The first kappa shape index (κ1) is 18.2. The molecule has 0 fully saturated rings. The van der Waals surface area contributed by atoms with Gasteiger partial charge in [0.25, 0.3) is 0 Å². The van der Waals surface area contributed by atoms with E-state index in [1.54, 1.807) is 32.9 Å². The molecule has 1 aromatic heterocycles. The molecule has 122 valence electrons. The molecule has 0 radical (unpaired) electrons. The van der Waals surface area contributed by atoms with Crippen LogP contribution < -0.4 is 10.1 Å². The molecule has 0 aliphatic rings. The number of carbonyl (C=O) groups excluding carboxylic acids is 1. The SMILES string of the molecule is COc1cc(Br)nc(CC(NC(=O)OC(C)(C)C)C(=O)O)c1. The van der Waals surface area contributed by atoms with Gasteiger partial charge in [-0.05, 0) is 36.7 Å². The summed E-state index contributed by atoms with van der Waals surface area (Å²) >= 11 is 3.22. The number of aliphatic carboxylic acids is 1. The van der Waals surface area contributed by atoms with E-state index in [-0.39, 0.29) is 6.42 Å². The summed E-state index contributed by atoms with van der Waals surface area (Å²) in [7, 11) is 1.50. The summed E-state index contributed by atoms with van der Waals surface area (Å²) in [5, 5.41) is 11.6. The number of pyridine rings is 1. The second-order valence-electron chi connectivity index (χ2n) is 5.56. The molecule has 1 amide bonds. The van der Waals surface area contributed by atoms with Crippen molar-refractivity contribution >= 4 is 28.0 Å². The van der Waals surface area contributed by atoms with Gasteiger partial charge < -0.3 is 19.9 Å². The van der Waals surface area contributed by atoms with E-state index in [1.165, 1.54) is 7.11 Å². The molecule has 1 unspecified atom stereocenters. The maximum atomic E-state index is 11.7. The summed E-state index contributed by atoms with van der Waals surface area (Å²) in [5.41, 5.74) is -0.237. The number of amides is 1. The van der Waals surface area contributed by atoms with Crippen LogP contribution in [0.5, 0.6) is 5.75 Å². The quantitative estimate of drug-likeness (QED) is 0.767. The average molecular weight is 375 g/mol. The number of hydrogen-bond donors (Lipinski definition) is 2. The van der Waals surface area contributed by atoms with Gasteiger partial charge in [-0.2, -0.15) is 0 Å². The third kappa shape index (κ3) is 6.30. The Morgan fingerprint density at radius 1 is 1.41 bits per heavy atom. The summed E-state index contributed by atoms with van der Waals surface area (Å²) in [6.07, 6.45) is -0.786. The zero-order chi connectivity index (χ0) is 16.9. The van der Waals surface area contributed by atoms with Gasteiger partial charge >= 0.3 is 12.1 Å². The highest BCUT2D eigenvalue weighted by atomic mass is 79.9. The molecule has 0 saturated carbocycles. The minimum Gasteiger partial charge on any atom is -0.497 e. The number of nitrogens with one attached hydrogen (secondary N) is 1. The van der Waals surface area contributed by atoms with Crippen LogP contribution in [0, 0.1) is 0 Å². The van der Waals surface area contributed by atoms with Crippen molar-refractivity contribution in [2.45, 2.75) is 38.8 Å². The number of alkyl carbamates (subject to hydrolysis) is 1. The third-order valence-electron chi connectivity index (χ3n) is 2.46. The van der Waals surface area contributed by atoms with Gasteiger partial charge in [-0.3, -0.25) is 0 Å². The van der Waals surface area contributed by atoms with Crippen molar-refractivity contribution in [3.05, 3.63) is 22.4 Å². The fourth-order valence-corrected chi connectivity index (χ4v) is 2.06. The van der Waals surface area contributed by atoms with E-state index < -0.39 is 23.7 Å². The van der Waals surface area contributed by atoms with Crippen molar-refractivity contribution in [1.82, 2.24) is 10.3 Å². The Kier molecular flexibility index (Phi) is 6.16. The third-order valence-corrected chi connectivity index (χ3v) is 2.86. The topological polar surface area (TPSA) is 97.8 Å². The van der Waals surface area contributed by atoms with Gasteiger partial charge in [-0.25, -0.2) is 14.6 Å². The predicted octanol–water partition coefficient (Wildman–Crippen LogP) is 2.37. The number of ether oxygens (including phenoxy) is 2. The molecule has 1 heterocycles. The normalized spacial score (nSPS) is 12.4. The number of carbonyl (C=O) groups is 2. The molecular formula is C14H19BrN2O5. The van der Waals surface area contributed by atoms with Crippen LogP contribution in [0.4, 0.5) is 4.79 Å². The van der Waals surface area contributed by atoms with Gasteiger partial charge in [0.05, 0.1) is 7.11 Å². The number of hydrogen-bond acceptors (Lipinski definition) is 5. The maximum absolute atomic E-state index is 11.7. The highest BCUT2D eigenvalue weighted by molar-refractivity contribution is 9.10. The lowest BCUT2D eigenvalue weighted by atomic mass is 10.1. The first-order chi connectivity index (χ1) is 10.1. The van der Waals surface area contributed by atoms with E-state index in [0.29, 0.717) is 16.0 Å². The average Bonchev–Trinajstić information content (AvgIpc) is 2.34. The summed E-state index contributed by atoms with van der Waals surface area (Å²) in [5.74, 6) is -0.634. The highest BCUT2D eigenvalue weighted by Gasteiger charge is 2.25. The lowest BCUT2D eigenvalue weighted by Gasteiger charge is -2.22. The molecule has 0 aliphatic carbocycles. The first-order valence-corrected chi connectivity index (χ1v) is 7.33. The van der Waals surface area contributed by atoms with Crippen molar-refractivity contribution < 1.29 is 24.2 Å². The summed E-state index contributed by atoms with van der Waals surface area (Å²) in [6, 6.07) is 2.11. The Morgan fingerprint density at radius 2 is 2.05 bits per heavy atom. The van der Waals surface area contributed by atoms with Crippen LogP contribution in [0.2, 0.25) is 0 Å². The lowest BCUT2D eigenvalue weighted by Crippen LogP contribution is -2.44. The van der Waals surface area contributed by atoms with Crippen LogP contribution in [-0.2, 0) is 16.0 Å². The lowest BCUT2D eigenvalue weighted by molar-refractivity contribution is -0.139. The van der Waals surface area contributed by atoms with E-state index in [1.807, 2.05) is 0 Å². The Labute approximate surface area is 137 Å². The minimum absolute atomic E-state index is 0.00434. The molecule has 1 aromatic rings. The summed E-state index contributed by atoms with van der Waals surface area (Å²) in [6.45, 7) is 5.09. The van der Waals surface area contributed by atoms with Gasteiger partial charge in [0.1, 0.15) is 22.0 Å². The van der Waals surface area contributed by atoms with Gasteiger partial charge in [0.2, 0.25) is 0 Å². The Hall–Kier alpha value is -1.83. The Bertz CT molecular complexity index is 557. The van der Waals surface area contributed by atoms with Crippen molar-refractivity contribution in [3.63, 3.8) is 0 Å². The number of methoxy groups -OCH3 is 1. The standard InChI is InChI=1S/C14H19BrN2O5/c1-14(2,3)22-13(20)17-10(12(18)19)6-8-5-9(21-4)7-11(15)16-8/h5,7,10H,6H2,1-4H3,(H,17,20)(H,18,19). The molecule has 0 aliphatic heterocycles. The van der Waals surface area contributed by atoms with Gasteiger partial charge in [-0.1, -0.05) is 0 Å². The van der Waals surface area contributed by atoms with Crippen LogP contribution in [0.15, 0.2) is 16.7 Å². The van der Waals surface area contributed by atoms with Crippen molar-refractivity contribution in [2.75, 3.05) is 7.11 Å². The fourth-order valence-electron chi connectivity index (χ4n) is 1.61. The Morgan fingerprint density at radius 3 is 2.55 bits per heavy atom. The van der Waals surface area contributed by atoms with E-state index >= 15 is 0 Å². The number of carboxylic acid groups (broad SMARTS) is 1. The molecule has 1 atom stereocenters. The van der Waals surface area contributed by atoms with Gasteiger partial charge in [0, 0.05) is 24.2 Å². The van der Waals surface area contributed by atoms with Crippen molar-refractivity contribution in [3.8, 4) is 5.75 Å². The molecule has 2 N–H and O–H groups in total. The molecule has 0 bridgehead atoms. The first-order valence-electron chi connectivity index (χ1n) is 6.53. The molecule has 0 aromatic carbocycles. The number of halogens is 1. The molecule has 1 rings (SSSR count). The van der Waals surface area contributed by atoms with Crippen LogP contribution in [0.25, 0.3) is 0 Å². The molecule has 22 heavy (non-hydrogen) atoms. The summed E-state index contributed by atoms with van der Waals surface area (Å²) < 4.78 is 10.7. The van der Waals surface area contributed by atoms with Crippen molar-refractivity contribution in [1.29, 1.82) is 0 Å². The smallest absolute Gasteiger partial charge is 0.408 e. The van der Waals surface area contributed by atoms with Crippen molar-refractivity contribution in [2.24, 2.45) is 0 Å². The largest absolute Gasteiger partial charge is 0.497 e.